The first kappa shape index (κ1) is 14.6. The number of methoxy groups -OCH3 is 1. The molecule has 1 aliphatic carbocycles. The summed E-state index contributed by atoms with van der Waals surface area (Å²) in [6.45, 7) is 0.856. The number of nitro groups is 1. The lowest BCUT2D eigenvalue weighted by molar-refractivity contribution is -0.384. The molecule has 0 unspecified atom stereocenters. The summed E-state index contributed by atoms with van der Waals surface area (Å²) in [5.74, 6) is 1.32. The maximum absolute atomic E-state index is 10.9. The Morgan fingerprint density at radius 2 is 2.05 bits per heavy atom. The first-order valence-electron chi connectivity index (χ1n) is 7.26. The van der Waals surface area contributed by atoms with E-state index in [-0.39, 0.29) is 5.69 Å². The molecule has 0 radical (unpaired) electrons. The van der Waals surface area contributed by atoms with Gasteiger partial charge in [-0.05, 0) is 12.3 Å². The lowest BCUT2D eigenvalue weighted by atomic mass is 9.87. The third-order valence-corrected chi connectivity index (χ3v) is 3.94. The Hall–Kier alpha value is -1.78. The first-order chi connectivity index (χ1) is 9.69. The minimum Gasteiger partial charge on any atom is -0.496 e. The largest absolute Gasteiger partial charge is 0.496 e. The number of hydrogen-bond acceptors (Lipinski definition) is 4. The van der Waals surface area contributed by atoms with E-state index < -0.39 is 4.92 Å². The van der Waals surface area contributed by atoms with Gasteiger partial charge in [-0.1, -0.05) is 32.1 Å². The van der Waals surface area contributed by atoms with Crippen molar-refractivity contribution in [1.29, 1.82) is 0 Å². The Balaban J connectivity index is 1.91. The van der Waals surface area contributed by atoms with Crippen LogP contribution in [0, 0.1) is 16.0 Å². The average molecular weight is 278 g/mol. The number of nitro benzene ring substituents is 1. The molecule has 0 spiro atoms. The van der Waals surface area contributed by atoms with Gasteiger partial charge in [-0.15, -0.1) is 0 Å². The van der Waals surface area contributed by atoms with E-state index in [0.29, 0.717) is 5.75 Å². The van der Waals surface area contributed by atoms with Crippen LogP contribution in [0.4, 0.5) is 11.4 Å². The van der Waals surface area contributed by atoms with Gasteiger partial charge in [-0.3, -0.25) is 10.1 Å². The number of non-ortho nitro benzene ring substituents is 1. The lowest BCUT2D eigenvalue weighted by Crippen LogP contribution is -2.12. The molecule has 1 fully saturated rings. The van der Waals surface area contributed by atoms with E-state index in [2.05, 4.69) is 5.32 Å². The second-order valence-electron chi connectivity index (χ2n) is 5.40. The number of nitrogens with one attached hydrogen (secondary N) is 1. The number of nitrogens with zero attached hydrogens (tertiary/aromatic N) is 1. The molecule has 0 saturated heterocycles. The minimum absolute atomic E-state index is 0.0597. The van der Waals surface area contributed by atoms with Crippen LogP contribution in [0.1, 0.15) is 38.5 Å². The predicted octanol–water partition coefficient (Wildman–Crippen LogP) is 3.99. The van der Waals surface area contributed by atoms with Gasteiger partial charge >= 0.3 is 0 Å². The monoisotopic (exact) mass is 278 g/mol. The fourth-order valence-corrected chi connectivity index (χ4v) is 2.81. The molecule has 2 rings (SSSR count). The summed E-state index contributed by atoms with van der Waals surface area (Å²) in [6.07, 6.45) is 7.82. The summed E-state index contributed by atoms with van der Waals surface area (Å²) < 4.78 is 5.10. The molecule has 0 heterocycles. The van der Waals surface area contributed by atoms with Crippen LogP contribution in [-0.2, 0) is 0 Å². The van der Waals surface area contributed by atoms with Crippen molar-refractivity contribution in [3.05, 3.63) is 28.3 Å². The predicted molar refractivity (Wildman–Crippen MR) is 79.3 cm³/mol. The molecule has 0 aromatic heterocycles. The third-order valence-electron chi connectivity index (χ3n) is 3.94. The van der Waals surface area contributed by atoms with Crippen LogP contribution in [0.5, 0.6) is 5.75 Å². The highest BCUT2D eigenvalue weighted by molar-refractivity contribution is 5.56. The molecular formula is C15H22N2O3. The Morgan fingerprint density at radius 3 is 2.70 bits per heavy atom. The summed E-state index contributed by atoms with van der Waals surface area (Å²) in [5.41, 5.74) is 0.816. The van der Waals surface area contributed by atoms with Crippen LogP contribution >= 0.6 is 0 Å². The van der Waals surface area contributed by atoms with E-state index in [1.807, 2.05) is 0 Å². The van der Waals surface area contributed by atoms with Gasteiger partial charge in [0.15, 0.2) is 0 Å². The molecule has 0 amide bonds. The first-order valence-corrected chi connectivity index (χ1v) is 7.26. The standard InChI is InChI=1S/C15H22N2O3/c1-20-15-10-13(9-14(11-15)17(18)19)16-8-7-12-5-3-2-4-6-12/h9-12,16H,2-8H2,1H3. The summed E-state index contributed by atoms with van der Waals surface area (Å²) in [5, 5.41) is 14.1. The molecule has 0 atom stereocenters. The van der Waals surface area contributed by atoms with Crippen molar-refractivity contribution in [2.75, 3.05) is 19.0 Å². The van der Waals surface area contributed by atoms with Crippen LogP contribution in [0.25, 0.3) is 0 Å². The molecule has 1 aromatic rings. The van der Waals surface area contributed by atoms with Crippen LogP contribution in [-0.4, -0.2) is 18.6 Å². The van der Waals surface area contributed by atoms with Crippen LogP contribution < -0.4 is 10.1 Å². The fourth-order valence-electron chi connectivity index (χ4n) is 2.81. The molecule has 5 nitrogen and oxygen atoms in total. The number of ether oxygens (including phenoxy) is 1. The zero-order chi connectivity index (χ0) is 14.4. The topological polar surface area (TPSA) is 64.4 Å². The quantitative estimate of drug-likeness (QED) is 0.631. The normalized spacial score (nSPS) is 15.8. The zero-order valence-corrected chi connectivity index (χ0v) is 11.9. The minimum atomic E-state index is -0.394. The van der Waals surface area contributed by atoms with Crippen molar-refractivity contribution in [1.82, 2.24) is 0 Å². The Morgan fingerprint density at radius 1 is 1.30 bits per heavy atom. The van der Waals surface area contributed by atoms with Crippen LogP contribution in [0.3, 0.4) is 0 Å². The van der Waals surface area contributed by atoms with Crippen molar-refractivity contribution in [2.45, 2.75) is 38.5 Å². The SMILES string of the molecule is COc1cc(NCCC2CCCCC2)cc([N+](=O)[O-])c1. The molecule has 20 heavy (non-hydrogen) atoms. The van der Waals surface area contributed by atoms with Crippen molar-refractivity contribution < 1.29 is 9.66 Å². The van der Waals surface area contributed by atoms with Gasteiger partial charge in [0, 0.05) is 24.4 Å². The highest BCUT2D eigenvalue weighted by atomic mass is 16.6. The van der Waals surface area contributed by atoms with E-state index >= 15 is 0 Å². The summed E-state index contributed by atoms with van der Waals surface area (Å²) >= 11 is 0. The van der Waals surface area contributed by atoms with Crippen molar-refractivity contribution in [3.8, 4) is 5.75 Å². The molecule has 0 bridgehead atoms. The van der Waals surface area contributed by atoms with Crippen molar-refractivity contribution in [3.63, 3.8) is 0 Å². The second kappa shape index (κ2) is 7.12. The van der Waals surface area contributed by atoms with Crippen molar-refractivity contribution >= 4 is 11.4 Å². The van der Waals surface area contributed by atoms with E-state index in [1.54, 1.807) is 12.1 Å². The van der Waals surface area contributed by atoms with Crippen molar-refractivity contribution in [2.24, 2.45) is 5.92 Å². The second-order valence-corrected chi connectivity index (χ2v) is 5.40. The molecule has 110 valence electrons. The fraction of sp³-hybridized carbons (Fsp3) is 0.600. The molecule has 1 aliphatic rings. The Kier molecular flexibility index (Phi) is 5.21. The summed E-state index contributed by atoms with van der Waals surface area (Å²) in [7, 11) is 1.52. The van der Waals surface area contributed by atoms with E-state index in [0.717, 1.165) is 24.6 Å². The van der Waals surface area contributed by atoms with Gasteiger partial charge < -0.3 is 10.1 Å². The smallest absolute Gasteiger partial charge is 0.275 e. The number of benzene rings is 1. The average Bonchev–Trinajstić information content (AvgIpc) is 2.48. The van der Waals surface area contributed by atoms with Gasteiger partial charge in [0.05, 0.1) is 18.1 Å². The number of hydrogen-bond donors (Lipinski definition) is 1. The third kappa shape index (κ3) is 4.11. The number of anilines is 1. The molecule has 1 aromatic carbocycles. The van der Waals surface area contributed by atoms with Gasteiger partial charge in [-0.2, -0.15) is 0 Å². The lowest BCUT2D eigenvalue weighted by Gasteiger charge is -2.21. The van der Waals surface area contributed by atoms with Crippen LogP contribution in [0.15, 0.2) is 18.2 Å². The van der Waals surface area contributed by atoms with Gasteiger partial charge in [-0.25, -0.2) is 0 Å². The van der Waals surface area contributed by atoms with E-state index in [4.69, 9.17) is 4.74 Å². The molecule has 1 N–H and O–H groups in total. The van der Waals surface area contributed by atoms with Gasteiger partial charge in [0.2, 0.25) is 0 Å². The Labute approximate surface area is 119 Å². The molecule has 1 saturated carbocycles. The maximum Gasteiger partial charge on any atom is 0.275 e. The maximum atomic E-state index is 10.9. The number of rotatable bonds is 6. The molecule has 5 heteroatoms. The summed E-state index contributed by atoms with van der Waals surface area (Å²) in [6, 6.07) is 4.80. The van der Waals surface area contributed by atoms with Crippen LogP contribution in [0.2, 0.25) is 0 Å². The molecule has 0 aliphatic heterocycles. The Bertz CT molecular complexity index is 456. The van der Waals surface area contributed by atoms with Gasteiger partial charge in [0.25, 0.3) is 5.69 Å². The zero-order valence-electron chi connectivity index (χ0n) is 11.9. The molecular weight excluding hydrogens is 256 g/mol. The highest BCUT2D eigenvalue weighted by Gasteiger charge is 2.13. The van der Waals surface area contributed by atoms with E-state index in [9.17, 15) is 10.1 Å². The van der Waals surface area contributed by atoms with E-state index in [1.165, 1.54) is 45.3 Å². The van der Waals surface area contributed by atoms with Gasteiger partial charge in [0.1, 0.15) is 5.75 Å². The highest BCUT2D eigenvalue weighted by Crippen LogP contribution is 2.28. The summed E-state index contributed by atoms with van der Waals surface area (Å²) in [4.78, 5) is 10.5.